The summed E-state index contributed by atoms with van der Waals surface area (Å²) in [5, 5.41) is 0. The fraction of sp³-hybridized carbons (Fsp3) is 0.0938. The zero-order valence-electron chi connectivity index (χ0n) is 22.1. The van der Waals surface area contributed by atoms with Crippen LogP contribution in [0.5, 0.6) is 5.75 Å². The Bertz CT molecular complexity index is 1800. The van der Waals surface area contributed by atoms with Crippen LogP contribution < -0.4 is 15.4 Å². The number of nitrogens with zero attached hydrogens (tertiary/aromatic N) is 5. The first-order valence-electron chi connectivity index (χ1n) is 12.8. The number of nitrogens with two attached hydrogens (primary N) is 1. The number of nitrogen functional groups attached to an aromatic ring is 1. The number of aromatic nitrogens is 4. The van der Waals surface area contributed by atoms with Gasteiger partial charge in [0.15, 0.2) is 11.5 Å². The van der Waals surface area contributed by atoms with Gasteiger partial charge in [-0.05, 0) is 70.0 Å². The van der Waals surface area contributed by atoms with Gasteiger partial charge in [0.25, 0.3) is 0 Å². The lowest BCUT2D eigenvalue weighted by Crippen LogP contribution is -2.16. The molecule has 3 heterocycles. The Morgan fingerprint density at radius 3 is 2.45 bits per heavy atom. The van der Waals surface area contributed by atoms with Crippen molar-refractivity contribution < 1.29 is 4.74 Å². The highest BCUT2D eigenvalue weighted by molar-refractivity contribution is 9.10. The molecule has 0 spiro atoms. The lowest BCUT2D eigenvalue weighted by molar-refractivity contribution is 0.412. The van der Waals surface area contributed by atoms with Gasteiger partial charge in [-0.2, -0.15) is 0 Å². The van der Waals surface area contributed by atoms with E-state index in [1.807, 2.05) is 54.6 Å². The molecular formula is C32H27BrN6O. The van der Waals surface area contributed by atoms with Gasteiger partial charge in [-0.25, -0.2) is 15.0 Å². The van der Waals surface area contributed by atoms with Crippen LogP contribution >= 0.6 is 15.9 Å². The molecule has 0 atom stereocenters. The van der Waals surface area contributed by atoms with E-state index in [-0.39, 0.29) is 0 Å². The summed E-state index contributed by atoms with van der Waals surface area (Å²) in [6.45, 7) is 0.731. The first-order valence-corrected chi connectivity index (χ1v) is 13.6. The van der Waals surface area contributed by atoms with Crippen molar-refractivity contribution in [1.82, 2.24) is 19.5 Å². The normalized spacial score (nSPS) is 11.1. The molecule has 0 saturated carbocycles. The third-order valence-electron chi connectivity index (χ3n) is 6.84. The third kappa shape index (κ3) is 4.89. The van der Waals surface area contributed by atoms with Crippen molar-refractivity contribution in [3.05, 3.63) is 113 Å². The molecule has 6 aromatic rings. The van der Waals surface area contributed by atoms with Crippen molar-refractivity contribution in [2.75, 3.05) is 24.8 Å². The van der Waals surface area contributed by atoms with E-state index >= 15 is 0 Å². The van der Waals surface area contributed by atoms with Gasteiger partial charge < -0.3 is 15.4 Å². The maximum Gasteiger partial charge on any atom is 0.165 e. The molecule has 40 heavy (non-hydrogen) atoms. The summed E-state index contributed by atoms with van der Waals surface area (Å²) in [5.74, 6) is 1.92. The highest BCUT2D eigenvalue weighted by atomic mass is 79.9. The van der Waals surface area contributed by atoms with Gasteiger partial charge in [0.05, 0.1) is 22.8 Å². The Morgan fingerprint density at radius 1 is 0.900 bits per heavy atom. The number of ether oxygens (including phenoxy) is 1. The van der Waals surface area contributed by atoms with E-state index in [1.165, 1.54) is 0 Å². The monoisotopic (exact) mass is 590 g/mol. The lowest BCUT2D eigenvalue weighted by atomic mass is 10.1. The molecule has 3 aromatic heterocycles. The van der Waals surface area contributed by atoms with Gasteiger partial charge in [0.1, 0.15) is 17.1 Å². The quantitative estimate of drug-likeness (QED) is 0.213. The maximum atomic E-state index is 6.30. The van der Waals surface area contributed by atoms with E-state index < -0.39 is 0 Å². The van der Waals surface area contributed by atoms with Crippen molar-refractivity contribution in [3.8, 4) is 34.1 Å². The summed E-state index contributed by atoms with van der Waals surface area (Å²) < 4.78 is 8.46. The summed E-state index contributed by atoms with van der Waals surface area (Å²) in [5.41, 5.74) is 13.7. The second-order valence-corrected chi connectivity index (χ2v) is 10.3. The largest absolute Gasteiger partial charge is 0.495 e. The van der Waals surface area contributed by atoms with Crippen LogP contribution in [0, 0.1) is 0 Å². The van der Waals surface area contributed by atoms with Crippen molar-refractivity contribution in [2.24, 2.45) is 0 Å². The number of anilines is 2. The lowest BCUT2D eigenvalue weighted by Gasteiger charge is -2.21. The van der Waals surface area contributed by atoms with Gasteiger partial charge >= 0.3 is 0 Å². The minimum absolute atomic E-state index is 0.422. The van der Waals surface area contributed by atoms with Crippen molar-refractivity contribution in [1.29, 1.82) is 0 Å². The molecule has 7 nitrogen and oxygen atoms in total. The molecule has 2 N–H and O–H groups in total. The first-order chi connectivity index (χ1) is 19.5. The van der Waals surface area contributed by atoms with Gasteiger partial charge in [-0.1, -0.05) is 42.5 Å². The maximum absolute atomic E-state index is 6.30. The molecular weight excluding hydrogens is 564 g/mol. The average molecular weight is 592 g/mol. The van der Waals surface area contributed by atoms with Crippen LogP contribution in [0.3, 0.4) is 0 Å². The predicted octanol–water partition coefficient (Wildman–Crippen LogP) is 7.14. The Labute approximate surface area is 241 Å². The number of benzene rings is 3. The van der Waals surface area contributed by atoms with Crippen LogP contribution in [-0.2, 0) is 6.54 Å². The number of methoxy groups -OCH3 is 1. The fourth-order valence-corrected chi connectivity index (χ4v) is 5.17. The van der Waals surface area contributed by atoms with E-state index in [2.05, 4.69) is 79.9 Å². The molecule has 0 aliphatic carbocycles. The SMILES string of the molecule is COc1cc(N(C)Cc2ccc(-n3c(-c4cccnc4N)nc4ccc(-c5ccccc5)nc43)cc2)ccc1Br. The molecule has 0 aliphatic heterocycles. The van der Waals surface area contributed by atoms with Gasteiger partial charge in [-0.15, -0.1) is 0 Å². The third-order valence-corrected chi connectivity index (χ3v) is 7.50. The Morgan fingerprint density at radius 2 is 1.70 bits per heavy atom. The molecule has 0 bridgehead atoms. The Hall–Kier alpha value is -4.69. The smallest absolute Gasteiger partial charge is 0.165 e. The molecule has 198 valence electrons. The van der Waals surface area contributed by atoms with Crippen molar-refractivity contribution in [3.63, 3.8) is 0 Å². The summed E-state index contributed by atoms with van der Waals surface area (Å²) in [7, 11) is 3.74. The van der Waals surface area contributed by atoms with E-state index in [0.717, 1.165) is 61.7 Å². The number of pyridine rings is 2. The molecule has 6 rings (SSSR count). The summed E-state index contributed by atoms with van der Waals surface area (Å²) in [4.78, 5) is 16.5. The number of fused-ring (bicyclic) bond motifs is 1. The van der Waals surface area contributed by atoms with Gasteiger partial charge in [0.2, 0.25) is 0 Å². The summed E-state index contributed by atoms with van der Waals surface area (Å²) in [6.07, 6.45) is 1.68. The van der Waals surface area contributed by atoms with E-state index in [4.69, 9.17) is 20.4 Å². The highest BCUT2D eigenvalue weighted by Crippen LogP contribution is 2.33. The zero-order chi connectivity index (χ0) is 27.6. The topological polar surface area (TPSA) is 82.1 Å². The second kappa shape index (κ2) is 10.8. The average Bonchev–Trinajstić information content (AvgIpc) is 3.37. The molecule has 0 radical (unpaired) electrons. The molecule has 8 heteroatoms. The van der Waals surface area contributed by atoms with Gasteiger partial charge in [0, 0.05) is 42.8 Å². The zero-order valence-corrected chi connectivity index (χ0v) is 23.7. The summed E-state index contributed by atoms with van der Waals surface area (Å²) in [6, 6.07) is 32.5. The molecule has 0 amide bonds. The van der Waals surface area contributed by atoms with E-state index in [0.29, 0.717) is 11.6 Å². The fourth-order valence-electron chi connectivity index (χ4n) is 4.76. The summed E-state index contributed by atoms with van der Waals surface area (Å²) >= 11 is 3.53. The standard InChI is InChI=1S/C32H27BrN6O/c1-38(24-14-15-26(33)29(19-24)40-2)20-21-10-12-23(13-11-21)39-31(25-9-6-18-35-30(25)34)37-28-17-16-27(36-32(28)39)22-7-4-3-5-8-22/h3-19H,20H2,1-2H3,(H2,34,35). The molecule has 0 aliphatic rings. The van der Waals surface area contributed by atoms with Gasteiger partial charge in [-0.3, -0.25) is 4.57 Å². The number of rotatable bonds is 7. The van der Waals surface area contributed by atoms with Crippen molar-refractivity contribution >= 4 is 38.6 Å². The number of hydrogen-bond acceptors (Lipinski definition) is 6. The molecule has 0 unspecified atom stereocenters. The van der Waals surface area contributed by atoms with Crippen LogP contribution in [0.2, 0.25) is 0 Å². The van der Waals surface area contributed by atoms with E-state index in [9.17, 15) is 0 Å². The van der Waals surface area contributed by atoms with Crippen LogP contribution in [0.1, 0.15) is 5.56 Å². The number of hydrogen-bond donors (Lipinski definition) is 1. The predicted molar refractivity (Wildman–Crippen MR) is 165 cm³/mol. The molecule has 3 aromatic carbocycles. The molecule has 0 fully saturated rings. The van der Waals surface area contributed by atoms with Crippen LogP contribution in [0.25, 0.3) is 39.5 Å². The minimum Gasteiger partial charge on any atom is -0.495 e. The van der Waals surface area contributed by atoms with E-state index in [1.54, 1.807) is 13.3 Å². The van der Waals surface area contributed by atoms with Crippen LogP contribution in [0.4, 0.5) is 11.5 Å². The highest BCUT2D eigenvalue weighted by Gasteiger charge is 2.19. The first kappa shape index (κ1) is 25.6. The molecule has 0 saturated heterocycles. The van der Waals surface area contributed by atoms with Crippen LogP contribution in [0.15, 0.2) is 108 Å². The Kier molecular flexibility index (Phi) is 6.92. The van der Waals surface area contributed by atoms with Crippen molar-refractivity contribution in [2.45, 2.75) is 6.54 Å². The minimum atomic E-state index is 0.422. The van der Waals surface area contributed by atoms with Crippen LogP contribution in [-0.4, -0.2) is 33.7 Å². The number of imidazole rings is 1. The Balaban J connectivity index is 1.40. The second-order valence-electron chi connectivity index (χ2n) is 9.45. The number of halogens is 1.